The fraction of sp³-hybridized carbons (Fsp3) is 0.0769. The maximum Gasteiger partial charge on any atom is 0.219 e. The number of ether oxygens (including phenoxy) is 1. The van der Waals surface area contributed by atoms with E-state index in [0.29, 0.717) is 11.6 Å². The number of amides is 1. The van der Waals surface area contributed by atoms with Gasteiger partial charge in [0.15, 0.2) is 0 Å². The lowest BCUT2D eigenvalue weighted by atomic mass is 10.3. The van der Waals surface area contributed by atoms with Crippen LogP contribution in [-0.2, 0) is 4.79 Å². The van der Waals surface area contributed by atoms with Crippen molar-refractivity contribution < 1.29 is 9.53 Å². The summed E-state index contributed by atoms with van der Waals surface area (Å²) in [5.41, 5.74) is 0.807. The fourth-order valence-electron chi connectivity index (χ4n) is 1.35. The number of carbonyl (C=O) groups excluding carboxylic acids is 1. The first kappa shape index (κ1) is 12.6. The Morgan fingerprint density at radius 3 is 2.50 bits per heavy atom. The molecule has 0 unspecified atom stereocenters. The van der Waals surface area contributed by atoms with Crippen LogP contribution >= 0.6 is 15.9 Å². The summed E-state index contributed by atoms with van der Waals surface area (Å²) in [5.74, 6) is 1.20. The van der Waals surface area contributed by atoms with Crippen molar-refractivity contribution >= 4 is 28.0 Å². The summed E-state index contributed by atoms with van der Waals surface area (Å²) in [6, 6.07) is 10.8. The second-order valence-corrected chi connectivity index (χ2v) is 4.54. The predicted molar refractivity (Wildman–Crippen MR) is 72.9 cm³/mol. The topological polar surface area (TPSA) is 42.4 Å². The molecule has 0 N–H and O–H groups in total. The molecule has 1 aromatic carbocycles. The number of rotatable bonds is 4. The van der Waals surface area contributed by atoms with Crippen molar-refractivity contribution in [3.63, 3.8) is 0 Å². The molecular formula is C13H11BrN2O2. The van der Waals surface area contributed by atoms with E-state index in [9.17, 15) is 4.79 Å². The minimum atomic E-state index is 0.523. The molecule has 0 fully saturated rings. The average molecular weight is 307 g/mol. The van der Waals surface area contributed by atoms with E-state index in [2.05, 4.69) is 20.9 Å². The third kappa shape index (κ3) is 3.07. The lowest BCUT2D eigenvalue weighted by Gasteiger charge is -2.11. The van der Waals surface area contributed by atoms with E-state index >= 15 is 0 Å². The van der Waals surface area contributed by atoms with Crippen molar-refractivity contribution in [2.24, 2.45) is 0 Å². The van der Waals surface area contributed by atoms with Crippen molar-refractivity contribution in [1.29, 1.82) is 0 Å². The van der Waals surface area contributed by atoms with Gasteiger partial charge in [-0.3, -0.25) is 4.79 Å². The number of aromatic nitrogens is 1. The molecule has 5 heteroatoms. The van der Waals surface area contributed by atoms with Gasteiger partial charge in [-0.1, -0.05) is 0 Å². The molecule has 0 bridgehead atoms. The second kappa shape index (κ2) is 5.64. The fourth-order valence-corrected chi connectivity index (χ4v) is 1.59. The van der Waals surface area contributed by atoms with Crippen molar-refractivity contribution in [3.8, 4) is 11.6 Å². The smallest absolute Gasteiger partial charge is 0.219 e. The highest BCUT2D eigenvalue weighted by Crippen LogP contribution is 2.23. The minimum absolute atomic E-state index is 0.523. The standard InChI is InChI=1S/C13H11BrN2O2/c1-16(9-17)11-3-5-12(6-4-11)18-13-7-2-10(14)8-15-13/h2-9H,1H3. The summed E-state index contributed by atoms with van der Waals surface area (Å²) >= 11 is 3.31. The molecule has 0 saturated carbocycles. The van der Waals surface area contributed by atoms with Crippen LogP contribution in [0.4, 0.5) is 5.69 Å². The Morgan fingerprint density at radius 1 is 1.22 bits per heavy atom. The van der Waals surface area contributed by atoms with Gasteiger partial charge in [-0.05, 0) is 46.3 Å². The summed E-state index contributed by atoms with van der Waals surface area (Å²) in [5, 5.41) is 0. The first-order valence-corrected chi connectivity index (χ1v) is 6.06. The zero-order valence-electron chi connectivity index (χ0n) is 9.71. The van der Waals surface area contributed by atoms with Crippen LogP contribution in [0.3, 0.4) is 0 Å². The highest BCUT2D eigenvalue weighted by Gasteiger charge is 2.01. The molecule has 0 aliphatic carbocycles. The highest BCUT2D eigenvalue weighted by molar-refractivity contribution is 9.10. The van der Waals surface area contributed by atoms with E-state index in [0.717, 1.165) is 16.6 Å². The van der Waals surface area contributed by atoms with E-state index in [1.807, 2.05) is 18.2 Å². The normalized spacial score (nSPS) is 9.89. The van der Waals surface area contributed by atoms with Gasteiger partial charge in [0, 0.05) is 29.5 Å². The van der Waals surface area contributed by atoms with Gasteiger partial charge in [-0.25, -0.2) is 4.98 Å². The van der Waals surface area contributed by atoms with E-state index in [1.165, 1.54) is 4.90 Å². The molecule has 2 aromatic rings. The van der Waals surface area contributed by atoms with E-state index in [-0.39, 0.29) is 0 Å². The summed E-state index contributed by atoms with van der Waals surface area (Å²) in [7, 11) is 1.69. The molecule has 0 saturated heterocycles. The van der Waals surface area contributed by atoms with Crippen LogP contribution in [0, 0.1) is 0 Å². The van der Waals surface area contributed by atoms with E-state index in [1.54, 1.807) is 31.4 Å². The lowest BCUT2D eigenvalue weighted by Crippen LogP contribution is -2.13. The van der Waals surface area contributed by atoms with Crippen LogP contribution in [0.2, 0.25) is 0 Å². The van der Waals surface area contributed by atoms with Gasteiger partial charge in [0.1, 0.15) is 5.75 Å². The summed E-state index contributed by atoms with van der Waals surface area (Å²) in [6.07, 6.45) is 2.43. The van der Waals surface area contributed by atoms with Gasteiger partial charge in [0.25, 0.3) is 0 Å². The third-order valence-corrected chi connectivity index (χ3v) is 2.79. The zero-order chi connectivity index (χ0) is 13.0. The molecule has 92 valence electrons. The second-order valence-electron chi connectivity index (χ2n) is 3.63. The monoisotopic (exact) mass is 306 g/mol. The Labute approximate surface area is 113 Å². The molecular weight excluding hydrogens is 296 g/mol. The summed E-state index contributed by atoms with van der Waals surface area (Å²) in [6.45, 7) is 0. The van der Waals surface area contributed by atoms with Crippen LogP contribution in [0.25, 0.3) is 0 Å². The van der Waals surface area contributed by atoms with Crippen molar-refractivity contribution in [3.05, 3.63) is 47.1 Å². The van der Waals surface area contributed by atoms with Crippen LogP contribution in [0.1, 0.15) is 0 Å². The molecule has 0 aliphatic rings. The highest BCUT2D eigenvalue weighted by atomic mass is 79.9. The number of anilines is 1. The Hall–Kier alpha value is -1.88. The number of nitrogens with zero attached hydrogens (tertiary/aromatic N) is 2. The average Bonchev–Trinajstić information content (AvgIpc) is 2.41. The quantitative estimate of drug-likeness (QED) is 0.814. The SMILES string of the molecule is CN(C=O)c1ccc(Oc2ccc(Br)cn2)cc1. The van der Waals surface area contributed by atoms with Gasteiger partial charge < -0.3 is 9.64 Å². The molecule has 0 aliphatic heterocycles. The van der Waals surface area contributed by atoms with Gasteiger partial charge >= 0.3 is 0 Å². The Morgan fingerprint density at radius 2 is 1.94 bits per heavy atom. The first-order chi connectivity index (χ1) is 8.69. The van der Waals surface area contributed by atoms with Gasteiger partial charge in [-0.2, -0.15) is 0 Å². The Balaban J connectivity index is 2.10. The van der Waals surface area contributed by atoms with Crippen molar-refractivity contribution in [2.45, 2.75) is 0 Å². The molecule has 1 heterocycles. The summed E-state index contributed by atoms with van der Waals surface area (Å²) < 4.78 is 6.46. The summed E-state index contributed by atoms with van der Waals surface area (Å²) in [4.78, 5) is 16.2. The maximum atomic E-state index is 10.6. The van der Waals surface area contributed by atoms with Crippen molar-refractivity contribution in [2.75, 3.05) is 11.9 Å². The van der Waals surface area contributed by atoms with Crippen LogP contribution in [0.15, 0.2) is 47.1 Å². The lowest BCUT2D eigenvalue weighted by molar-refractivity contribution is -0.107. The van der Waals surface area contributed by atoms with E-state index < -0.39 is 0 Å². The molecule has 0 atom stereocenters. The first-order valence-electron chi connectivity index (χ1n) is 5.26. The minimum Gasteiger partial charge on any atom is -0.439 e. The number of hydrogen-bond donors (Lipinski definition) is 0. The third-order valence-electron chi connectivity index (χ3n) is 2.32. The number of halogens is 1. The van der Waals surface area contributed by atoms with Gasteiger partial charge in [0.05, 0.1) is 0 Å². The maximum absolute atomic E-state index is 10.6. The Kier molecular flexibility index (Phi) is 3.94. The predicted octanol–water partition coefficient (Wildman–Crippen LogP) is 3.23. The van der Waals surface area contributed by atoms with E-state index in [4.69, 9.17) is 4.74 Å². The van der Waals surface area contributed by atoms with Crippen molar-refractivity contribution in [1.82, 2.24) is 4.98 Å². The number of hydrogen-bond acceptors (Lipinski definition) is 3. The molecule has 0 radical (unpaired) electrons. The van der Waals surface area contributed by atoms with Crippen LogP contribution < -0.4 is 9.64 Å². The largest absolute Gasteiger partial charge is 0.439 e. The van der Waals surface area contributed by atoms with Gasteiger partial charge in [-0.15, -0.1) is 0 Å². The molecule has 18 heavy (non-hydrogen) atoms. The number of pyridine rings is 1. The zero-order valence-corrected chi connectivity index (χ0v) is 11.3. The molecule has 0 spiro atoms. The van der Waals surface area contributed by atoms with Crippen LogP contribution in [-0.4, -0.2) is 18.4 Å². The Bertz CT molecular complexity index is 526. The molecule has 4 nitrogen and oxygen atoms in total. The number of benzene rings is 1. The molecule has 1 amide bonds. The van der Waals surface area contributed by atoms with Gasteiger partial charge in [0.2, 0.25) is 12.3 Å². The number of carbonyl (C=O) groups is 1. The van der Waals surface area contributed by atoms with Crippen LogP contribution in [0.5, 0.6) is 11.6 Å². The molecule has 2 rings (SSSR count). The molecule has 1 aromatic heterocycles.